The molecule has 0 radical (unpaired) electrons. The van der Waals surface area contributed by atoms with E-state index in [1.807, 2.05) is 18.2 Å². The lowest BCUT2D eigenvalue weighted by Crippen LogP contribution is -2.30. The standard InChI is InChI=1S/3C32H37N2O.H3O4P/c3*1-25(2)30-14-8-9-15-31(30)32(35-23-29-17-16-26(3)27(4)21-29)22-34-20-19-33(24-34)18-10-13-28-11-6-5-7-12-28;1-5(2,3)4/h3*5-17,19-21,24-25,32H,18,22-23H2,1-4H3;(H3,1,2,3,4)/q3*+1;/p-3/b3*13-10+;. The van der Waals surface area contributed by atoms with Crippen LogP contribution in [0.2, 0.25) is 0 Å². The summed E-state index contributed by atoms with van der Waals surface area (Å²) in [6, 6.07) is 77.2. The summed E-state index contributed by atoms with van der Waals surface area (Å²) in [4.78, 5) is 25.6. The second-order valence-electron chi connectivity index (χ2n) is 29.3. The normalized spacial score (nSPS) is 12.5. The van der Waals surface area contributed by atoms with E-state index in [0.717, 1.165) is 39.3 Å². The molecule has 12 aromatic rings. The molecule has 3 unspecified atom stereocenters. The van der Waals surface area contributed by atoms with Crippen LogP contribution in [0.3, 0.4) is 0 Å². The molecule has 0 N–H and O–H groups in total. The number of ether oxygens (including phenoxy) is 3. The van der Waals surface area contributed by atoms with Crippen molar-refractivity contribution in [2.45, 2.75) is 178 Å². The Morgan fingerprint density at radius 2 is 0.573 bits per heavy atom. The van der Waals surface area contributed by atoms with Crippen molar-refractivity contribution in [2.24, 2.45) is 0 Å². The molecule has 3 atom stereocenters. The quantitative estimate of drug-likeness (QED) is 0.0322. The summed E-state index contributed by atoms with van der Waals surface area (Å²) < 4.78 is 41.7. The first-order valence-electron chi connectivity index (χ1n) is 38.3. The molecule has 0 bridgehead atoms. The molecule has 0 aliphatic rings. The van der Waals surface area contributed by atoms with Gasteiger partial charge in [-0.2, -0.15) is 7.82 Å². The second-order valence-corrected chi connectivity index (χ2v) is 30.2. The van der Waals surface area contributed by atoms with Gasteiger partial charge in [0.2, 0.25) is 19.0 Å². The van der Waals surface area contributed by atoms with Crippen LogP contribution in [0.1, 0.15) is 178 Å². The van der Waals surface area contributed by atoms with E-state index >= 15 is 0 Å². The average Bonchev–Trinajstić information content (AvgIpc) is 1.56. The SMILES string of the molecule is Cc1ccc(COC(Cn2cc[n+](C/C=C/c3ccccc3)c2)c2ccccc2C(C)C)cc1C.Cc1ccc(COC(Cn2cc[n+](C/C=C/c3ccccc3)c2)c2ccccc2C(C)C)cc1C.Cc1ccc(COC(Cn2cc[n+](C/C=C/c3ccccc3)c2)c2ccccc2C(C)C)cc1C.O=P([O-])([O-])[O-]. The molecule has 0 spiro atoms. The molecule has 13 nitrogen and oxygen atoms in total. The first-order chi connectivity index (χ1) is 53.0. The lowest BCUT2D eigenvalue weighted by Gasteiger charge is -2.36. The Bertz CT molecular complexity index is 4430. The fourth-order valence-corrected chi connectivity index (χ4v) is 13.1. The Morgan fingerprint density at radius 3 is 0.809 bits per heavy atom. The molecule has 572 valence electrons. The predicted octanol–water partition coefficient (Wildman–Crippen LogP) is 18.7. The van der Waals surface area contributed by atoms with Crippen LogP contribution in [0.15, 0.2) is 293 Å². The van der Waals surface area contributed by atoms with Crippen LogP contribution in [0.25, 0.3) is 18.2 Å². The zero-order chi connectivity index (χ0) is 78.4. The first-order valence-corrected chi connectivity index (χ1v) is 39.8. The molecular weight excluding hydrogens is 1380 g/mol. The Balaban J connectivity index is 0.000000184. The summed E-state index contributed by atoms with van der Waals surface area (Å²) >= 11 is 0. The Morgan fingerprint density at radius 1 is 0.336 bits per heavy atom. The number of hydrogen-bond donors (Lipinski definition) is 0. The van der Waals surface area contributed by atoms with Crippen molar-refractivity contribution >= 4 is 26.1 Å². The van der Waals surface area contributed by atoms with Gasteiger partial charge in [0.1, 0.15) is 94.8 Å². The van der Waals surface area contributed by atoms with Crippen molar-refractivity contribution in [3.63, 3.8) is 0 Å². The van der Waals surface area contributed by atoms with Gasteiger partial charge in [-0.3, -0.25) is 0 Å². The van der Waals surface area contributed by atoms with Gasteiger partial charge in [0, 0.05) is 0 Å². The minimum Gasteiger partial charge on any atom is -0.822 e. The molecule has 12 rings (SSSR count). The number of phosphoric acid groups is 1. The Kier molecular flexibility index (Phi) is 32.5. The van der Waals surface area contributed by atoms with Gasteiger partial charge in [0.25, 0.3) is 0 Å². The Labute approximate surface area is 654 Å². The molecule has 110 heavy (non-hydrogen) atoms. The summed E-state index contributed by atoms with van der Waals surface area (Å²) in [6.45, 7) is 33.0. The van der Waals surface area contributed by atoms with Crippen LogP contribution in [-0.4, -0.2) is 13.7 Å². The molecule has 0 saturated heterocycles. The van der Waals surface area contributed by atoms with Crippen molar-refractivity contribution in [3.8, 4) is 0 Å². The van der Waals surface area contributed by atoms with Gasteiger partial charge in [-0.25, -0.2) is 27.4 Å². The summed E-state index contributed by atoms with van der Waals surface area (Å²) in [5.74, 6) is 1.32. The van der Waals surface area contributed by atoms with E-state index in [1.165, 1.54) is 100 Å². The van der Waals surface area contributed by atoms with E-state index < -0.39 is 7.82 Å². The van der Waals surface area contributed by atoms with E-state index in [1.54, 1.807) is 0 Å². The number of allylic oxidation sites excluding steroid dienone is 3. The van der Waals surface area contributed by atoms with E-state index in [9.17, 15) is 0 Å². The maximum absolute atomic E-state index is 8.55. The third-order valence-electron chi connectivity index (χ3n) is 19.6. The third kappa shape index (κ3) is 27.7. The summed E-state index contributed by atoms with van der Waals surface area (Å²) in [5, 5.41) is 0. The average molecular weight is 1490 g/mol. The van der Waals surface area contributed by atoms with Gasteiger partial charge in [-0.1, -0.05) is 278 Å². The van der Waals surface area contributed by atoms with Crippen molar-refractivity contribution < 1.29 is 47.2 Å². The molecule has 3 aromatic heterocycles. The van der Waals surface area contributed by atoms with E-state index in [-0.39, 0.29) is 18.3 Å². The highest BCUT2D eigenvalue weighted by atomic mass is 31.2. The van der Waals surface area contributed by atoms with E-state index in [4.69, 9.17) is 33.5 Å². The van der Waals surface area contributed by atoms with Crippen molar-refractivity contribution in [3.05, 3.63) is 393 Å². The van der Waals surface area contributed by atoms with Gasteiger partial charge in [-0.05, 0) is 178 Å². The second kappa shape index (κ2) is 42.7. The summed E-state index contributed by atoms with van der Waals surface area (Å²) in [5.41, 5.74) is 23.0. The van der Waals surface area contributed by atoms with Crippen LogP contribution in [0.5, 0.6) is 0 Å². The zero-order valence-corrected chi connectivity index (χ0v) is 67.2. The fraction of sp³-hybridized carbons (Fsp3) is 0.281. The van der Waals surface area contributed by atoms with Crippen molar-refractivity contribution in [1.82, 2.24) is 13.7 Å². The molecule has 0 saturated carbocycles. The van der Waals surface area contributed by atoms with E-state index in [2.05, 4.69) is 403 Å². The maximum atomic E-state index is 8.55. The third-order valence-corrected chi connectivity index (χ3v) is 19.6. The number of rotatable bonds is 30. The molecule has 0 fully saturated rings. The molecule has 0 aliphatic heterocycles. The van der Waals surface area contributed by atoms with Crippen LogP contribution in [-0.2, 0) is 77.9 Å². The maximum Gasteiger partial charge on any atom is 0.244 e. The van der Waals surface area contributed by atoms with Gasteiger partial charge in [-0.15, -0.1) is 0 Å². The smallest absolute Gasteiger partial charge is 0.244 e. The fourth-order valence-electron chi connectivity index (χ4n) is 13.1. The lowest BCUT2D eigenvalue weighted by molar-refractivity contribution is -0.686. The predicted molar refractivity (Wildman–Crippen MR) is 440 cm³/mol. The van der Waals surface area contributed by atoms with Crippen LogP contribution in [0, 0.1) is 41.5 Å². The monoisotopic (exact) mass is 1490 g/mol. The van der Waals surface area contributed by atoms with E-state index in [0.29, 0.717) is 37.6 Å². The molecule has 9 aromatic carbocycles. The minimum atomic E-state index is -5.39. The van der Waals surface area contributed by atoms with Crippen molar-refractivity contribution in [2.75, 3.05) is 0 Å². The number of benzene rings is 9. The number of hydrogen-bond acceptors (Lipinski definition) is 7. The number of imidazole rings is 3. The zero-order valence-electron chi connectivity index (χ0n) is 66.3. The first kappa shape index (κ1) is 83.9. The number of aromatic nitrogens is 6. The highest BCUT2D eigenvalue weighted by Gasteiger charge is 2.25. The van der Waals surface area contributed by atoms with Gasteiger partial charge in [0.15, 0.2) is 0 Å². The largest absolute Gasteiger partial charge is 0.822 e. The molecule has 14 heteroatoms. The number of aryl methyl sites for hydroxylation is 6. The lowest BCUT2D eigenvalue weighted by atomic mass is 9.94. The summed E-state index contributed by atoms with van der Waals surface area (Å²) in [7, 11) is -5.39. The molecule has 0 amide bonds. The van der Waals surface area contributed by atoms with Crippen LogP contribution >= 0.6 is 7.82 Å². The Hall–Kier alpha value is -10.2. The molecule has 3 heterocycles. The molecule has 0 aliphatic carbocycles. The van der Waals surface area contributed by atoms with Crippen LogP contribution < -0.4 is 28.4 Å². The number of nitrogens with zero attached hydrogens (tertiary/aromatic N) is 6. The summed E-state index contributed by atoms with van der Waals surface area (Å²) in [6.07, 6.45) is 32.3. The topological polar surface area (TPSA) is 140 Å². The highest BCUT2D eigenvalue weighted by molar-refractivity contribution is 7.40. The van der Waals surface area contributed by atoms with Gasteiger partial charge >= 0.3 is 0 Å². The highest BCUT2D eigenvalue weighted by Crippen LogP contribution is 2.33. The molecular formula is C96H111N6O7P. The van der Waals surface area contributed by atoms with Gasteiger partial charge < -0.3 is 33.5 Å². The van der Waals surface area contributed by atoms with Crippen LogP contribution in [0.4, 0.5) is 0 Å². The van der Waals surface area contributed by atoms with Crippen molar-refractivity contribution in [1.29, 1.82) is 0 Å². The van der Waals surface area contributed by atoms with Gasteiger partial charge in [0.05, 0.1) is 19.8 Å². The minimum absolute atomic E-state index is 0.0316.